The largest absolute Gasteiger partial charge is 0.468 e. The average Bonchev–Trinajstić information content (AvgIpc) is 2.65. The van der Waals surface area contributed by atoms with Crippen LogP contribution >= 0.6 is 12.4 Å². The normalized spacial score (nSPS) is 23.9. The van der Waals surface area contributed by atoms with E-state index in [1.807, 2.05) is 0 Å². The molecular formula is C20H31ClN2O2. The molecule has 0 spiro atoms. The number of benzene rings is 1. The summed E-state index contributed by atoms with van der Waals surface area (Å²) in [4.78, 5) is 12.3. The van der Waals surface area contributed by atoms with Gasteiger partial charge in [-0.3, -0.25) is 4.79 Å². The lowest BCUT2D eigenvalue weighted by Gasteiger charge is -2.30. The van der Waals surface area contributed by atoms with E-state index in [1.54, 1.807) is 0 Å². The molecule has 5 heteroatoms. The molecule has 2 aliphatic rings. The smallest absolute Gasteiger partial charge is 0.322 e. The fourth-order valence-corrected chi connectivity index (χ4v) is 4.20. The maximum absolute atomic E-state index is 12.3. The molecule has 0 saturated carbocycles. The Labute approximate surface area is 157 Å². The summed E-state index contributed by atoms with van der Waals surface area (Å²) in [6, 6.07) is 8.50. The molecule has 0 aromatic heterocycles. The van der Waals surface area contributed by atoms with Crippen LogP contribution in [0.3, 0.4) is 0 Å². The van der Waals surface area contributed by atoms with Crippen LogP contribution in [0.15, 0.2) is 24.3 Å². The van der Waals surface area contributed by atoms with Gasteiger partial charge in [0.25, 0.3) is 0 Å². The highest BCUT2D eigenvalue weighted by atomic mass is 35.5. The minimum atomic E-state index is -0.201. The summed E-state index contributed by atoms with van der Waals surface area (Å²) in [7, 11) is 1.49. The first-order valence-corrected chi connectivity index (χ1v) is 9.37. The number of ether oxygens (including phenoxy) is 1. The molecule has 1 aromatic rings. The van der Waals surface area contributed by atoms with E-state index in [0.29, 0.717) is 11.8 Å². The number of nitrogens with one attached hydrogen (secondary N) is 2. The zero-order valence-electron chi connectivity index (χ0n) is 15.1. The molecular weight excluding hydrogens is 336 g/mol. The van der Waals surface area contributed by atoms with Crippen LogP contribution < -0.4 is 10.6 Å². The number of rotatable bonds is 6. The summed E-state index contributed by atoms with van der Waals surface area (Å²) in [6.07, 6.45) is 6.84. The van der Waals surface area contributed by atoms with Crippen LogP contribution in [-0.2, 0) is 16.0 Å². The summed E-state index contributed by atoms with van der Waals surface area (Å²) in [6.45, 7) is 3.06. The monoisotopic (exact) mass is 366 g/mol. The molecule has 1 heterocycles. The molecule has 140 valence electrons. The molecule has 3 rings (SSSR count). The minimum Gasteiger partial charge on any atom is -0.468 e. The molecule has 3 atom stereocenters. The van der Waals surface area contributed by atoms with E-state index in [2.05, 4.69) is 34.9 Å². The molecule has 1 aromatic carbocycles. The van der Waals surface area contributed by atoms with Crippen LogP contribution in [0.25, 0.3) is 0 Å². The van der Waals surface area contributed by atoms with E-state index in [0.717, 1.165) is 38.9 Å². The van der Waals surface area contributed by atoms with E-state index >= 15 is 0 Å². The number of halogens is 1. The van der Waals surface area contributed by atoms with Crippen LogP contribution in [0, 0.1) is 5.92 Å². The van der Waals surface area contributed by atoms with Gasteiger partial charge in [0.05, 0.1) is 7.11 Å². The summed E-state index contributed by atoms with van der Waals surface area (Å²) in [5.41, 5.74) is 2.88. The van der Waals surface area contributed by atoms with E-state index in [1.165, 1.54) is 37.5 Å². The number of methoxy groups -OCH3 is 1. The van der Waals surface area contributed by atoms with Gasteiger partial charge in [0.2, 0.25) is 0 Å². The van der Waals surface area contributed by atoms with Crippen molar-refractivity contribution in [3.8, 4) is 0 Å². The number of hydrogen-bond acceptors (Lipinski definition) is 4. The Morgan fingerprint density at radius 2 is 2.16 bits per heavy atom. The summed E-state index contributed by atoms with van der Waals surface area (Å²) in [5, 5.41) is 6.94. The van der Waals surface area contributed by atoms with Crippen molar-refractivity contribution in [3.63, 3.8) is 0 Å². The molecule has 4 nitrogen and oxygen atoms in total. The van der Waals surface area contributed by atoms with Crippen molar-refractivity contribution in [2.24, 2.45) is 5.92 Å². The first kappa shape index (κ1) is 20.2. The predicted molar refractivity (Wildman–Crippen MR) is 103 cm³/mol. The van der Waals surface area contributed by atoms with Gasteiger partial charge >= 0.3 is 5.97 Å². The molecule has 1 fully saturated rings. The molecule has 2 N–H and O–H groups in total. The lowest BCUT2D eigenvalue weighted by Crippen LogP contribution is -2.44. The molecule has 0 radical (unpaired) electrons. The Kier molecular flexibility index (Phi) is 8.20. The molecule has 1 aliphatic heterocycles. The topological polar surface area (TPSA) is 50.4 Å². The number of piperidine rings is 1. The third-order valence-corrected chi connectivity index (χ3v) is 5.55. The second-order valence-electron chi connectivity index (χ2n) is 7.22. The standard InChI is InChI=1S/C20H30N2O2.ClH/c1-24-20(23)19(22-14-15-6-5-11-21-13-15)12-17-9-4-8-16-7-2-3-10-18(16)17;/h2-3,7,10,15,17,19,21-22H,4-6,8-9,11-14H2,1H3;1H. The molecule has 1 saturated heterocycles. The quantitative estimate of drug-likeness (QED) is 0.760. The number of fused-ring (bicyclic) bond motifs is 1. The van der Waals surface area contributed by atoms with E-state index in [4.69, 9.17) is 4.74 Å². The zero-order valence-corrected chi connectivity index (χ0v) is 15.9. The molecule has 25 heavy (non-hydrogen) atoms. The van der Waals surface area contributed by atoms with Gasteiger partial charge in [0.15, 0.2) is 0 Å². The van der Waals surface area contributed by atoms with Crippen molar-refractivity contribution in [2.75, 3.05) is 26.7 Å². The minimum absolute atomic E-state index is 0. The highest BCUT2D eigenvalue weighted by Gasteiger charge is 2.28. The lowest BCUT2D eigenvalue weighted by atomic mass is 9.79. The fourth-order valence-electron chi connectivity index (χ4n) is 4.20. The van der Waals surface area contributed by atoms with Crippen LogP contribution in [0.2, 0.25) is 0 Å². The van der Waals surface area contributed by atoms with Gasteiger partial charge in [0.1, 0.15) is 6.04 Å². The Morgan fingerprint density at radius 1 is 1.32 bits per heavy atom. The van der Waals surface area contributed by atoms with Crippen molar-refractivity contribution < 1.29 is 9.53 Å². The van der Waals surface area contributed by atoms with Crippen LogP contribution in [-0.4, -0.2) is 38.8 Å². The Balaban J connectivity index is 0.00000225. The number of hydrogen-bond donors (Lipinski definition) is 2. The SMILES string of the molecule is COC(=O)C(CC1CCCc2ccccc21)NCC1CCCNC1.Cl. The molecule has 0 bridgehead atoms. The maximum Gasteiger partial charge on any atom is 0.322 e. The van der Waals surface area contributed by atoms with Crippen molar-refractivity contribution >= 4 is 18.4 Å². The third kappa shape index (κ3) is 5.44. The van der Waals surface area contributed by atoms with Crippen molar-refractivity contribution in [1.29, 1.82) is 0 Å². The highest BCUT2D eigenvalue weighted by Crippen LogP contribution is 2.34. The van der Waals surface area contributed by atoms with Gasteiger partial charge in [-0.1, -0.05) is 24.3 Å². The average molecular weight is 367 g/mol. The number of aryl methyl sites for hydroxylation is 1. The zero-order chi connectivity index (χ0) is 16.8. The van der Waals surface area contributed by atoms with E-state index in [9.17, 15) is 4.79 Å². The van der Waals surface area contributed by atoms with Gasteiger partial charge in [0, 0.05) is 0 Å². The van der Waals surface area contributed by atoms with Gasteiger partial charge < -0.3 is 15.4 Å². The van der Waals surface area contributed by atoms with E-state index < -0.39 is 0 Å². The Hall–Kier alpha value is -1.10. The molecule has 0 amide bonds. The van der Waals surface area contributed by atoms with Gasteiger partial charge in [-0.2, -0.15) is 0 Å². The number of carbonyl (C=O) groups excluding carboxylic acids is 1. The Bertz CT molecular complexity index is 546. The lowest BCUT2D eigenvalue weighted by molar-refractivity contribution is -0.143. The summed E-state index contributed by atoms with van der Waals surface area (Å²) >= 11 is 0. The second kappa shape index (κ2) is 10.1. The third-order valence-electron chi connectivity index (χ3n) is 5.55. The first-order chi connectivity index (χ1) is 11.8. The first-order valence-electron chi connectivity index (χ1n) is 9.37. The van der Waals surface area contributed by atoms with Crippen molar-refractivity contribution in [2.45, 2.75) is 50.5 Å². The number of carbonyl (C=O) groups is 1. The summed E-state index contributed by atoms with van der Waals surface area (Å²) in [5.74, 6) is 0.947. The van der Waals surface area contributed by atoms with Gasteiger partial charge in [-0.25, -0.2) is 0 Å². The van der Waals surface area contributed by atoms with Crippen LogP contribution in [0.1, 0.15) is 49.1 Å². The second-order valence-corrected chi connectivity index (χ2v) is 7.22. The van der Waals surface area contributed by atoms with Crippen molar-refractivity contribution in [3.05, 3.63) is 35.4 Å². The predicted octanol–water partition coefficient (Wildman–Crippen LogP) is 3.05. The maximum atomic E-state index is 12.3. The van der Waals surface area contributed by atoms with Crippen molar-refractivity contribution in [1.82, 2.24) is 10.6 Å². The van der Waals surface area contributed by atoms with E-state index in [-0.39, 0.29) is 24.4 Å². The van der Waals surface area contributed by atoms with Gasteiger partial charge in [-0.05, 0) is 81.1 Å². The molecule has 3 unspecified atom stereocenters. The summed E-state index contributed by atoms with van der Waals surface area (Å²) < 4.78 is 5.06. The van der Waals surface area contributed by atoms with Crippen LogP contribution in [0.4, 0.5) is 0 Å². The number of esters is 1. The molecule has 1 aliphatic carbocycles. The van der Waals surface area contributed by atoms with Gasteiger partial charge in [-0.15, -0.1) is 12.4 Å². The Morgan fingerprint density at radius 3 is 2.92 bits per heavy atom. The highest BCUT2D eigenvalue weighted by molar-refractivity contribution is 5.85. The van der Waals surface area contributed by atoms with Crippen LogP contribution in [0.5, 0.6) is 0 Å². The fraction of sp³-hybridized carbons (Fsp3) is 0.650.